The van der Waals surface area contributed by atoms with E-state index in [1.54, 1.807) is 24.3 Å². The Morgan fingerprint density at radius 3 is 2.27 bits per heavy atom. The van der Waals surface area contributed by atoms with Crippen LogP contribution >= 0.6 is 0 Å². The van der Waals surface area contributed by atoms with Crippen LogP contribution in [0.3, 0.4) is 0 Å². The first-order valence-electron chi connectivity index (χ1n) is 7.37. The molecule has 0 radical (unpaired) electrons. The summed E-state index contributed by atoms with van der Waals surface area (Å²) in [7, 11) is 0. The Labute approximate surface area is 144 Å². The molecule has 0 fully saturated rings. The lowest BCUT2D eigenvalue weighted by atomic mass is 10.1. The van der Waals surface area contributed by atoms with Crippen molar-refractivity contribution in [1.29, 1.82) is 0 Å². The standard InChI is InChI=1S/C17H11F4N3O2/c18-12-5-3-11(4-6-12)15(25)22-13-7-1-10(2-8-13)9-14-23-16(26-24-14)17(19,20)21/h1-8H,9H2,(H,22,25). The number of carbonyl (C=O) groups is 1. The normalized spacial score (nSPS) is 11.4. The van der Waals surface area contributed by atoms with E-state index in [1.807, 2.05) is 0 Å². The monoisotopic (exact) mass is 365 g/mol. The molecule has 1 heterocycles. The number of anilines is 1. The molecule has 0 atom stereocenters. The van der Waals surface area contributed by atoms with E-state index >= 15 is 0 Å². The average Bonchev–Trinajstić information content (AvgIpc) is 3.06. The zero-order valence-electron chi connectivity index (χ0n) is 13.0. The fourth-order valence-corrected chi connectivity index (χ4v) is 2.13. The molecule has 0 unspecified atom stereocenters. The van der Waals surface area contributed by atoms with Gasteiger partial charge in [-0.15, -0.1) is 0 Å². The summed E-state index contributed by atoms with van der Waals surface area (Å²) in [5.41, 5.74) is 1.41. The highest BCUT2D eigenvalue weighted by molar-refractivity contribution is 6.04. The number of benzene rings is 2. The van der Waals surface area contributed by atoms with Crippen molar-refractivity contribution >= 4 is 11.6 Å². The number of carbonyl (C=O) groups excluding carboxylic acids is 1. The molecule has 1 amide bonds. The molecule has 0 aliphatic heterocycles. The number of aromatic nitrogens is 2. The molecule has 1 N–H and O–H groups in total. The summed E-state index contributed by atoms with van der Waals surface area (Å²) < 4.78 is 54.3. The third-order valence-electron chi connectivity index (χ3n) is 3.39. The van der Waals surface area contributed by atoms with E-state index in [2.05, 4.69) is 20.0 Å². The number of nitrogens with one attached hydrogen (secondary N) is 1. The van der Waals surface area contributed by atoms with Gasteiger partial charge in [0, 0.05) is 17.7 Å². The predicted molar refractivity (Wildman–Crippen MR) is 82.9 cm³/mol. The van der Waals surface area contributed by atoms with Crippen LogP contribution in [0.25, 0.3) is 0 Å². The molecule has 0 saturated heterocycles. The quantitative estimate of drug-likeness (QED) is 0.708. The van der Waals surface area contributed by atoms with Gasteiger partial charge >= 0.3 is 12.1 Å². The Bertz CT molecular complexity index is 903. The summed E-state index contributed by atoms with van der Waals surface area (Å²) in [4.78, 5) is 15.3. The number of halogens is 4. The first-order chi connectivity index (χ1) is 12.3. The Kier molecular flexibility index (Phi) is 4.70. The van der Waals surface area contributed by atoms with Crippen LogP contribution in [0.5, 0.6) is 0 Å². The summed E-state index contributed by atoms with van der Waals surface area (Å²) in [6.45, 7) is 0. The minimum absolute atomic E-state index is 0.0474. The molecule has 9 heteroatoms. The molecule has 0 spiro atoms. The van der Waals surface area contributed by atoms with Gasteiger partial charge in [-0.3, -0.25) is 4.79 Å². The first-order valence-corrected chi connectivity index (χ1v) is 7.37. The number of amides is 1. The third-order valence-corrected chi connectivity index (χ3v) is 3.39. The fraction of sp³-hybridized carbons (Fsp3) is 0.118. The number of alkyl halides is 3. The SMILES string of the molecule is O=C(Nc1ccc(Cc2noc(C(F)(F)F)n2)cc1)c1ccc(F)cc1. The van der Waals surface area contributed by atoms with Gasteiger partial charge in [-0.25, -0.2) is 4.39 Å². The van der Waals surface area contributed by atoms with Gasteiger partial charge in [-0.05, 0) is 42.0 Å². The van der Waals surface area contributed by atoms with Crippen LogP contribution in [0.1, 0.15) is 27.6 Å². The van der Waals surface area contributed by atoms with E-state index in [-0.39, 0.29) is 12.2 Å². The first kappa shape index (κ1) is 17.6. The average molecular weight is 365 g/mol. The minimum atomic E-state index is -4.68. The lowest BCUT2D eigenvalue weighted by molar-refractivity contribution is -0.159. The van der Waals surface area contributed by atoms with Gasteiger partial charge in [0.05, 0.1) is 0 Å². The Morgan fingerprint density at radius 2 is 1.69 bits per heavy atom. The van der Waals surface area contributed by atoms with Crippen molar-refractivity contribution in [3.63, 3.8) is 0 Å². The smallest absolute Gasteiger partial charge is 0.329 e. The maximum Gasteiger partial charge on any atom is 0.471 e. The summed E-state index contributed by atoms with van der Waals surface area (Å²) in [5.74, 6) is -2.34. The van der Waals surface area contributed by atoms with Crippen LogP contribution in [0.15, 0.2) is 53.1 Å². The van der Waals surface area contributed by atoms with Crippen molar-refractivity contribution in [3.8, 4) is 0 Å². The molecular weight excluding hydrogens is 354 g/mol. The Hall–Kier alpha value is -3.23. The molecular formula is C17H11F4N3O2. The minimum Gasteiger partial charge on any atom is -0.329 e. The van der Waals surface area contributed by atoms with Crippen LogP contribution < -0.4 is 5.32 Å². The molecule has 5 nitrogen and oxygen atoms in total. The highest BCUT2D eigenvalue weighted by atomic mass is 19.4. The van der Waals surface area contributed by atoms with Crippen LogP contribution in [0, 0.1) is 5.82 Å². The van der Waals surface area contributed by atoms with Crippen molar-refractivity contribution in [2.75, 3.05) is 5.32 Å². The lowest BCUT2D eigenvalue weighted by Crippen LogP contribution is -2.11. The van der Waals surface area contributed by atoms with E-state index in [0.717, 1.165) is 0 Å². The van der Waals surface area contributed by atoms with Crippen LogP contribution in [-0.4, -0.2) is 16.0 Å². The van der Waals surface area contributed by atoms with Crippen molar-refractivity contribution < 1.29 is 26.9 Å². The van der Waals surface area contributed by atoms with E-state index < -0.39 is 23.8 Å². The zero-order chi connectivity index (χ0) is 18.7. The molecule has 3 aromatic rings. The van der Waals surface area contributed by atoms with Gasteiger partial charge in [0.1, 0.15) is 5.82 Å². The number of hydrogen-bond acceptors (Lipinski definition) is 4. The maximum atomic E-state index is 12.9. The maximum absolute atomic E-state index is 12.9. The molecule has 0 aliphatic rings. The highest BCUT2D eigenvalue weighted by Crippen LogP contribution is 2.27. The van der Waals surface area contributed by atoms with Gasteiger partial charge in [-0.1, -0.05) is 17.3 Å². The van der Waals surface area contributed by atoms with Crippen molar-refractivity contribution in [3.05, 3.63) is 77.2 Å². The molecule has 3 rings (SSSR count). The number of rotatable bonds is 4. The topological polar surface area (TPSA) is 68.0 Å². The molecule has 134 valence electrons. The summed E-state index contributed by atoms with van der Waals surface area (Å²) in [6, 6.07) is 11.5. The summed E-state index contributed by atoms with van der Waals surface area (Å²) in [6.07, 6.45) is -4.63. The number of nitrogens with zero attached hydrogens (tertiary/aromatic N) is 2. The van der Waals surface area contributed by atoms with Gasteiger partial charge in [-0.2, -0.15) is 18.2 Å². The van der Waals surface area contributed by atoms with E-state index in [0.29, 0.717) is 16.8 Å². The third kappa shape index (κ3) is 4.24. The molecule has 0 aliphatic carbocycles. The second kappa shape index (κ2) is 6.95. The van der Waals surface area contributed by atoms with E-state index in [4.69, 9.17) is 0 Å². The second-order valence-electron chi connectivity index (χ2n) is 5.35. The van der Waals surface area contributed by atoms with Crippen LogP contribution in [0.2, 0.25) is 0 Å². The van der Waals surface area contributed by atoms with Crippen molar-refractivity contribution in [1.82, 2.24) is 10.1 Å². The predicted octanol–water partition coefficient (Wildman–Crippen LogP) is 4.07. The molecule has 2 aromatic carbocycles. The Morgan fingerprint density at radius 1 is 1.04 bits per heavy atom. The number of hydrogen-bond donors (Lipinski definition) is 1. The van der Waals surface area contributed by atoms with Crippen LogP contribution in [-0.2, 0) is 12.6 Å². The van der Waals surface area contributed by atoms with Gasteiger partial charge in [0.15, 0.2) is 5.82 Å². The zero-order valence-corrected chi connectivity index (χ0v) is 13.0. The van der Waals surface area contributed by atoms with Gasteiger partial charge < -0.3 is 9.84 Å². The van der Waals surface area contributed by atoms with Crippen LogP contribution in [0.4, 0.5) is 23.2 Å². The lowest BCUT2D eigenvalue weighted by Gasteiger charge is -2.06. The molecule has 1 aromatic heterocycles. The highest BCUT2D eigenvalue weighted by Gasteiger charge is 2.38. The Balaban J connectivity index is 1.64. The summed E-state index contributed by atoms with van der Waals surface area (Å²) in [5, 5.41) is 5.92. The van der Waals surface area contributed by atoms with Crippen molar-refractivity contribution in [2.24, 2.45) is 0 Å². The molecule has 0 bridgehead atoms. The largest absolute Gasteiger partial charge is 0.471 e. The van der Waals surface area contributed by atoms with E-state index in [1.165, 1.54) is 24.3 Å². The second-order valence-corrected chi connectivity index (χ2v) is 5.35. The van der Waals surface area contributed by atoms with Gasteiger partial charge in [0.25, 0.3) is 5.91 Å². The van der Waals surface area contributed by atoms with Gasteiger partial charge in [0.2, 0.25) is 0 Å². The van der Waals surface area contributed by atoms with Crippen molar-refractivity contribution in [2.45, 2.75) is 12.6 Å². The molecule has 0 saturated carbocycles. The summed E-state index contributed by atoms with van der Waals surface area (Å²) >= 11 is 0. The molecule has 26 heavy (non-hydrogen) atoms. The van der Waals surface area contributed by atoms with E-state index in [9.17, 15) is 22.4 Å². The fourth-order valence-electron chi connectivity index (χ4n) is 2.13.